The fraction of sp³-hybridized carbons (Fsp3) is 0.435. The SMILES string of the molecule is CC[C@H]1Oc2cc(S(=O)(=O)N3CCC[C@H](C(=O)NCc4ccccn4)C3)c(C)cc2NC1=O. The fourth-order valence-electron chi connectivity index (χ4n) is 4.17. The second-order valence-corrected chi connectivity index (χ2v) is 10.3. The molecule has 0 spiro atoms. The number of nitrogens with one attached hydrogen (secondary N) is 2. The van der Waals surface area contributed by atoms with Crippen molar-refractivity contribution in [3.8, 4) is 5.75 Å². The molecule has 2 atom stereocenters. The van der Waals surface area contributed by atoms with Crippen LogP contribution in [0.25, 0.3) is 0 Å². The summed E-state index contributed by atoms with van der Waals surface area (Å²) in [5.41, 5.74) is 1.72. The van der Waals surface area contributed by atoms with Crippen LogP contribution in [0.15, 0.2) is 41.4 Å². The Labute approximate surface area is 193 Å². The molecule has 0 saturated carbocycles. The number of carbonyl (C=O) groups excluding carboxylic acids is 2. The molecule has 10 heteroatoms. The first kappa shape index (κ1) is 23.2. The largest absolute Gasteiger partial charge is 0.478 e. The molecule has 33 heavy (non-hydrogen) atoms. The molecule has 1 aromatic carbocycles. The van der Waals surface area contributed by atoms with Crippen LogP contribution in [-0.2, 0) is 26.2 Å². The molecule has 2 N–H and O–H groups in total. The van der Waals surface area contributed by atoms with E-state index in [1.807, 2.05) is 19.1 Å². The number of benzene rings is 1. The van der Waals surface area contributed by atoms with Gasteiger partial charge in [0.2, 0.25) is 15.9 Å². The number of aromatic nitrogens is 1. The van der Waals surface area contributed by atoms with Gasteiger partial charge in [0, 0.05) is 25.4 Å². The summed E-state index contributed by atoms with van der Waals surface area (Å²) in [6.45, 7) is 4.27. The van der Waals surface area contributed by atoms with Crippen LogP contribution in [0.2, 0.25) is 0 Å². The Morgan fingerprint density at radius 2 is 2.15 bits per heavy atom. The number of hydrogen-bond donors (Lipinski definition) is 2. The third-order valence-electron chi connectivity index (χ3n) is 6.01. The maximum Gasteiger partial charge on any atom is 0.265 e. The van der Waals surface area contributed by atoms with Crippen molar-refractivity contribution in [2.24, 2.45) is 5.92 Å². The van der Waals surface area contributed by atoms with E-state index < -0.39 is 22.0 Å². The number of sulfonamides is 1. The molecule has 2 aromatic rings. The number of pyridine rings is 1. The molecule has 3 heterocycles. The van der Waals surface area contributed by atoms with E-state index in [0.29, 0.717) is 49.4 Å². The zero-order valence-electron chi connectivity index (χ0n) is 18.7. The van der Waals surface area contributed by atoms with Gasteiger partial charge in [0.1, 0.15) is 5.75 Å². The average Bonchev–Trinajstić information content (AvgIpc) is 2.82. The molecule has 1 saturated heterocycles. The topological polar surface area (TPSA) is 118 Å². The van der Waals surface area contributed by atoms with Gasteiger partial charge in [-0.25, -0.2) is 8.42 Å². The highest BCUT2D eigenvalue weighted by Crippen LogP contribution is 2.36. The molecule has 1 fully saturated rings. The van der Waals surface area contributed by atoms with Gasteiger partial charge in [-0.05, 0) is 49.9 Å². The van der Waals surface area contributed by atoms with Gasteiger partial charge in [-0.15, -0.1) is 0 Å². The van der Waals surface area contributed by atoms with Gasteiger partial charge in [0.15, 0.2) is 6.10 Å². The molecule has 4 rings (SSSR count). The van der Waals surface area contributed by atoms with E-state index in [9.17, 15) is 18.0 Å². The number of piperidine rings is 1. The van der Waals surface area contributed by atoms with E-state index in [1.54, 1.807) is 25.3 Å². The lowest BCUT2D eigenvalue weighted by Crippen LogP contribution is -2.45. The first-order valence-electron chi connectivity index (χ1n) is 11.1. The number of nitrogens with zero attached hydrogens (tertiary/aromatic N) is 2. The summed E-state index contributed by atoms with van der Waals surface area (Å²) in [6, 6.07) is 8.58. The first-order chi connectivity index (χ1) is 15.8. The Morgan fingerprint density at radius 1 is 1.33 bits per heavy atom. The second-order valence-electron chi connectivity index (χ2n) is 8.36. The van der Waals surface area contributed by atoms with Gasteiger partial charge in [0.05, 0.1) is 28.7 Å². The Bertz CT molecular complexity index is 1150. The number of carbonyl (C=O) groups is 2. The van der Waals surface area contributed by atoms with Crippen molar-refractivity contribution in [2.75, 3.05) is 18.4 Å². The molecule has 0 bridgehead atoms. The number of ether oxygens (including phenoxy) is 1. The number of hydrogen-bond acceptors (Lipinski definition) is 6. The molecule has 0 aliphatic carbocycles. The highest BCUT2D eigenvalue weighted by atomic mass is 32.2. The van der Waals surface area contributed by atoms with Crippen molar-refractivity contribution in [3.63, 3.8) is 0 Å². The van der Waals surface area contributed by atoms with E-state index in [2.05, 4.69) is 15.6 Å². The third-order valence-corrected chi connectivity index (χ3v) is 8.02. The molecule has 0 unspecified atom stereocenters. The second kappa shape index (κ2) is 9.48. The summed E-state index contributed by atoms with van der Waals surface area (Å²) >= 11 is 0. The number of fused-ring (bicyclic) bond motifs is 1. The van der Waals surface area contributed by atoms with E-state index in [1.165, 1.54) is 10.4 Å². The molecule has 2 aliphatic rings. The molecule has 9 nitrogen and oxygen atoms in total. The van der Waals surface area contributed by atoms with Crippen LogP contribution in [0.3, 0.4) is 0 Å². The predicted octanol–water partition coefficient (Wildman–Crippen LogP) is 2.22. The molecule has 1 aromatic heterocycles. The molecular formula is C23H28N4O5S. The van der Waals surface area contributed by atoms with E-state index in [-0.39, 0.29) is 23.3 Å². The van der Waals surface area contributed by atoms with Gasteiger partial charge >= 0.3 is 0 Å². The van der Waals surface area contributed by atoms with Crippen LogP contribution in [0, 0.1) is 12.8 Å². The fourth-order valence-corrected chi connectivity index (χ4v) is 5.92. The number of aryl methyl sites for hydroxylation is 1. The number of rotatable bonds is 6. The van der Waals surface area contributed by atoms with Crippen LogP contribution in [0.1, 0.15) is 37.4 Å². The van der Waals surface area contributed by atoms with Gasteiger partial charge in [-0.1, -0.05) is 13.0 Å². The summed E-state index contributed by atoms with van der Waals surface area (Å²) in [7, 11) is -3.85. The Balaban J connectivity index is 1.50. The summed E-state index contributed by atoms with van der Waals surface area (Å²) in [4.78, 5) is 29.1. The first-order valence-corrected chi connectivity index (χ1v) is 12.5. The van der Waals surface area contributed by atoms with Crippen molar-refractivity contribution in [2.45, 2.75) is 50.7 Å². The quantitative estimate of drug-likeness (QED) is 0.666. The normalized spacial score (nSPS) is 21.0. The van der Waals surface area contributed by atoms with Crippen LogP contribution in [0.5, 0.6) is 5.75 Å². The van der Waals surface area contributed by atoms with E-state index >= 15 is 0 Å². The zero-order chi connectivity index (χ0) is 23.6. The summed E-state index contributed by atoms with van der Waals surface area (Å²) in [5.74, 6) is -0.516. The number of anilines is 1. The van der Waals surface area contributed by atoms with Gasteiger partial charge in [0.25, 0.3) is 5.91 Å². The minimum Gasteiger partial charge on any atom is -0.478 e. The Morgan fingerprint density at radius 3 is 2.88 bits per heavy atom. The van der Waals surface area contributed by atoms with Crippen molar-refractivity contribution in [1.82, 2.24) is 14.6 Å². The smallest absolute Gasteiger partial charge is 0.265 e. The van der Waals surface area contributed by atoms with Crippen molar-refractivity contribution in [3.05, 3.63) is 47.8 Å². The minimum absolute atomic E-state index is 0.113. The van der Waals surface area contributed by atoms with Gasteiger partial charge in [-0.2, -0.15) is 4.31 Å². The lowest BCUT2D eigenvalue weighted by Gasteiger charge is -2.32. The lowest BCUT2D eigenvalue weighted by atomic mass is 9.99. The molecule has 2 aliphatic heterocycles. The van der Waals surface area contributed by atoms with Crippen LogP contribution < -0.4 is 15.4 Å². The van der Waals surface area contributed by atoms with Crippen LogP contribution >= 0.6 is 0 Å². The predicted molar refractivity (Wildman–Crippen MR) is 122 cm³/mol. The Hall–Kier alpha value is -2.98. The van der Waals surface area contributed by atoms with Crippen molar-refractivity contribution in [1.29, 1.82) is 0 Å². The maximum absolute atomic E-state index is 13.5. The highest BCUT2D eigenvalue weighted by Gasteiger charge is 2.35. The van der Waals surface area contributed by atoms with Gasteiger partial charge < -0.3 is 15.4 Å². The lowest BCUT2D eigenvalue weighted by molar-refractivity contribution is -0.126. The molecule has 176 valence electrons. The monoisotopic (exact) mass is 472 g/mol. The van der Waals surface area contributed by atoms with Crippen LogP contribution in [-0.4, -0.2) is 48.7 Å². The summed E-state index contributed by atoms with van der Waals surface area (Å²) in [6.07, 6.45) is 2.70. The van der Waals surface area contributed by atoms with E-state index in [4.69, 9.17) is 4.74 Å². The highest BCUT2D eigenvalue weighted by molar-refractivity contribution is 7.89. The minimum atomic E-state index is -3.85. The van der Waals surface area contributed by atoms with Crippen LogP contribution in [0.4, 0.5) is 5.69 Å². The Kier molecular flexibility index (Phi) is 6.66. The maximum atomic E-state index is 13.5. The molecule has 2 amide bonds. The summed E-state index contributed by atoms with van der Waals surface area (Å²) in [5, 5.41) is 5.64. The van der Waals surface area contributed by atoms with Crippen molar-refractivity contribution < 1.29 is 22.7 Å². The third kappa shape index (κ3) is 4.86. The van der Waals surface area contributed by atoms with Gasteiger partial charge in [-0.3, -0.25) is 14.6 Å². The van der Waals surface area contributed by atoms with Crippen molar-refractivity contribution >= 4 is 27.5 Å². The molecular weight excluding hydrogens is 444 g/mol. The zero-order valence-corrected chi connectivity index (χ0v) is 19.5. The molecule has 0 radical (unpaired) electrons. The standard InChI is InChI=1S/C23H28N4O5S/c1-3-19-23(29)26-18-11-15(2)21(12-20(18)32-19)33(30,31)27-10-6-7-16(14-27)22(28)25-13-17-8-4-5-9-24-17/h4-5,8-9,11-12,16,19H,3,6-7,10,13-14H2,1-2H3,(H,25,28)(H,26,29)/t16-,19+/m0/s1. The summed E-state index contributed by atoms with van der Waals surface area (Å²) < 4.78 is 34.1. The van der Waals surface area contributed by atoms with E-state index in [0.717, 1.165) is 5.69 Å². The average molecular weight is 473 g/mol. The number of amides is 2.